The lowest BCUT2D eigenvalue weighted by Crippen LogP contribution is -2.27. The van der Waals surface area contributed by atoms with Crippen molar-refractivity contribution in [3.63, 3.8) is 0 Å². The quantitative estimate of drug-likeness (QED) is 0.306. The molecule has 28 heavy (non-hydrogen) atoms. The number of aromatic nitrogens is 1. The number of guanidine groups is 1. The van der Waals surface area contributed by atoms with Crippen LogP contribution < -0.4 is 15.4 Å². The molecule has 1 saturated carbocycles. The number of nitrogens with zero attached hydrogens (tertiary/aromatic N) is 3. The molecule has 2 aromatic carbocycles. The van der Waals surface area contributed by atoms with Crippen LogP contribution in [-0.4, -0.2) is 24.1 Å². The van der Waals surface area contributed by atoms with E-state index in [1.165, 1.54) is 12.0 Å². The molecular weight excluding hydrogens is 354 g/mol. The summed E-state index contributed by atoms with van der Waals surface area (Å²) in [5.74, 6) is 2.06. The summed E-state index contributed by atoms with van der Waals surface area (Å²) in [6.07, 6.45) is 5.92. The molecule has 1 aliphatic carbocycles. The van der Waals surface area contributed by atoms with Crippen LogP contribution in [0.4, 0.5) is 5.69 Å². The van der Waals surface area contributed by atoms with Gasteiger partial charge in [-0.1, -0.05) is 30.3 Å². The molecule has 4 rings (SSSR count). The SMILES string of the molecule is COc1cc(NC(=NC2C[C@H]2c2ccccc2)NC#N)ccc1-c1cnco1. The van der Waals surface area contributed by atoms with Crippen LogP contribution in [0.5, 0.6) is 5.75 Å². The molecule has 0 spiro atoms. The van der Waals surface area contributed by atoms with Gasteiger partial charge in [0.15, 0.2) is 18.3 Å². The predicted molar refractivity (Wildman–Crippen MR) is 106 cm³/mol. The summed E-state index contributed by atoms with van der Waals surface area (Å²) >= 11 is 0. The zero-order chi connectivity index (χ0) is 19.3. The van der Waals surface area contributed by atoms with Crippen molar-refractivity contribution < 1.29 is 9.15 Å². The lowest BCUT2D eigenvalue weighted by atomic mass is 10.1. The second-order valence-corrected chi connectivity index (χ2v) is 6.44. The third kappa shape index (κ3) is 3.81. The van der Waals surface area contributed by atoms with Gasteiger partial charge in [0.05, 0.1) is 24.9 Å². The van der Waals surface area contributed by atoms with E-state index < -0.39 is 0 Å². The van der Waals surface area contributed by atoms with E-state index in [9.17, 15) is 0 Å². The van der Waals surface area contributed by atoms with Gasteiger partial charge in [0, 0.05) is 17.7 Å². The molecule has 3 aromatic rings. The molecule has 7 nitrogen and oxygen atoms in total. The summed E-state index contributed by atoms with van der Waals surface area (Å²) in [5.41, 5.74) is 2.81. The molecule has 2 N–H and O–H groups in total. The third-order valence-corrected chi connectivity index (χ3v) is 4.62. The molecular formula is C21H19N5O2. The summed E-state index contributed by atoms with van der Waals surface area (Å²) < 4.78 is 10.8. The van der Waals surface area contributed by atoms with Crippen molar-refractivity contribution in [2.75, 3.05) is 12.4 Å². The van der Waals surface area contributed by atoms with Gasteiger partial charge in [0.1, 0.15) is 5.75 Å². The Hall–Kier alpha value is -3.79. The minimum atomic E-state index is 0.154. The molecule has 1 unspecified atom stereocenters. The Morgan fingerprint density at radius 2 is 2.14 bits per heavy atom. The average Bonchev–Trinajstić information content (AvgIpc) is 3.27. The summed E-state index contributed by atoms with van der Waals surface area (Å²) in [5, 5.41) is 14.9. The summed E-state index contributed by atoms with van der Waals surface area (Å²) in [7, 11) is 1.59. The van der Waals surface area contributed by atoms with Crippen LogP contribution in [0.2, 0.25) is 0 Å². The second-order valence-electron chi connectivity index (χ2n) is 6.44. The molecule has 0 amide bonds. The first kappa shape index (κ1) is 17.6. The van der Waals surface area contributed by atoms with Gasteiger partial charge in [-0.25, -0.2) is 9.98 Å². The Kier molecular flexibility index (Phi) is 4.93. The maximum Gasteiger partial charge on any atom is 0.209 e. The highest BCUT2D eigenvalue weighted by atomic mass is 16.5. The Morgan fingerprint density at radius 3 is 2.86 bits per heavy atom. The number of anilines is 1. The van der Waals surface area contributed by atoms with Crippen LogP contribution in [-0.2, 0) is 0 Å². The second kappa shape index (κ2) is 7.84. The molecule has 1 aliphatic rings. The van der Waals surface area contributed by atoms with Crippen molar-refractivity contribution in [3.05, 3.63) is 66.7 Å². The zero-order valence-electron chi connectivity index (χ0n) is 15.3. The molecule has 1 aromatic heterocycles. The van der Waals surface area contributed by atoms with Gasteiger partial charge < -0.3 is 14.5 Å². The number of hydrogen-bond donors (Lipinski definition) is 2. The number of rotatable bonds is 5. The molecule has 1 heterocycles. The molecule has 0 aliphatic heterocycles. The lowest BCUT2D eigenvalue weighted by Gasteiger charge is -2.12. The molecule has 0 saturated heterocycles. The minimum absolute atomic E-state index is 0.154. The lowest BCUT2D eigenvalue weighted by molar-refractivity contribution is 0.415. The third-order valence-electron chi connectivity index (χ3n) is 4.62. The monoisotopic (exact) mass is 373 g/mol. The number of aliphatic imine (C=N–C) groups is 1. The average molecular weight is 373 g/mol. The highest BCUT2D eigenvalue weighted by Gasteiger charge is 2.38. The van der Waals surface area contributed by atoms with Crippen molar-refractivity contribution in [1.29, 1.82) is 5.26 Å². The van der Waals surface area contributed by atoms with E-state index in [1.54, 1.807) is 13.3 Å². The molecule has 7 heteroatoms. The van der Waals surface area contributed by atoms with Gasteiger partial charge >= 0.3 is 0 Å². The van der Waals surface area contributed by atoms with E-state index in [-0.39, 0.29) is 6.04 Å². The van der Waals surface area contributed by atoms with Crippen molar-refractivity contribution in [2.24, 2.45) is 4.99 Å². The molecule has 0 radical (unpaired) electrons. The highest BCUT2D eigenvalue weighted by molar-refractivity contribution is 5.95. The topological polar surface area (TPSA) is 95.5 Å². The number of oxazole rings is 1. The highest BCUT2D eigenvalue weighted by Crippen LogP contribution is 2.43. The first-order valence-corrected chi connectivity index (χ1v) is 8.90. The summed E-state index contributed by atoms with van der Waals surface area (Å²) in [4.78, 5) is 8.60. The first-order chi connectivity index (χ1) is 13.8. The number of benzene rings is 2. The van der Waals surface area contributed by atoms with Gasteiger partial charge in [0.25, 0.3) is 0 Å². The zero-order valence-corrected chi connectivity index (χ0v) is 15.3. The van der Waals surface area contributed by atoms with Crippen LogP contribution in [0.1, 0.15) is 17.9 Å². The van der Waals surface area contributed by atoms with E-state index in [1.807, 2.05) is 42.6 Å². The number of nitriles is 1. The number of methoxy groups -OCH3 is 1. The fraction of sp³-hybridized carbons (Fsp3) is 0.190. The largest absolute Gasteiger partial charge is 0.496 e. The Bertz CT molecular complexity index is 1010. The predicted octanol–water partition coefficient (Wildman–Crippen LogP) is 3.74. The number of ether oxygens (including phenoxy) is 1. The van der Waals surface area contributed by atoms with Crippen molar-refractivity contribution in [3.8, 4) is 23.3 Å². The van der Waals surface area contributed by atoms with E-state index in [0.717, 1.165) is 17.7 Å². The fourth-order valence-electron chi connectivity index (χ4n) is 3.16. The maximum absolute atomic E-state index is 9.07. The molecule has 140 valence electrons. The van der Waals surface area contributed by atoms with E-state index in [4.69, 9.17) is 14.4 Å². The Labute approximate surface area is 162 Å². The molecule has 2 atom stereocenters. The number of nitrogens with one attached hydrogen (secondary N) is 2. The number of hydrogen-bond acceptors (Lipinski definition) is 5. The van der Waals surface area contributed by atoms with Crippen molar-refractivity contribution in [2.45, 2.75) is 18.4 Å². The van der Waals surface area contributed by atoms with E-state index >= 15 is 0 Å². The van der Waals surface area contributed by atoms with Crippen LogP contribution >= 0.6 is 0 Å². The van der Waals surface area contributed by atoms with Gasteiger partial charge in [-0.2, -0.15) is 5.26 Å². The fourth-order valence-corrected chi connectivity index (χ4v) is 3.16. The summed E-state index contributed by atoms with van der Waals surface area (Å²) in [6, 6.07) is 16.0. The van der Waals surface area contributed by atoms with Gasteiger partial charge in [-0.15, -0.1) is 0 Å². The van der Waals surface area contributed by atoms with Crippen molar-refractivity contribution >= 4 is 11.6 Å². The Balaban J connectivity index is 1.52. The minimum Gasteiger partial charge on any atom is -0.496 e. The smallest absolute Gasteiger partial charge is 0.209 e. The Morgan fingerprint density at radius 1 is 1.29 bits per heavy atom. The first-order valence-electron chi connectivity index (χ1n) is 8.90. The van der Waals surface area contributed by atoms with Crippen molar-refractivity contribution in [1.82, 2.24) is 10.3 Å². The maximum atomic E-state index is 9.07. The van der Waals surface area contributed by atoms with Gasteiger partial charge in [0.2, 0.25) is 5.96 Å². The van der Waals surface area contributed by atoms with Gasteiger partial charge in [-0.05, 0) is 24.1 Å². The summed E-state index contributed by atoms with van der Waals surface area (Å²) in [6.45, 7) is 0. The molecule has 0 bridgehead atoms. The molecule has 1 fully saturated rings. The van der Waals surface area contributed by atoms with Crippen LogP contribution in [0.3, 0.4) is 0 Å². The standard InChI is InChI=1S/C21H19N5O2/c1-27-19-9-15(7-8-16(19)20-11-23-13-28-20)25-21(24-12-22)26-18-10-17(18)14-5-3-2-4-6-14/h2-9,11,13,17-18H,10H2,1H3,(H2,24,25,26)/t17-,18?/m0/s1. The van der Waals surface area contributed by atoms with E-state index in [2.05, 4.69) is 32.7 Å². The van der Waals surface area contributed by atoms with Crippen LogP contribution in [0.25, 0.3) is 11.3 Å². The van der Waals surface area contributed by atoms with Crippen LogP contribution in [0.15, 0.2) is 70.5 Å². The van der Waals surface area contributed by atoms with E-state index in [0.29, 0.717) is 23.4 Å². The normalized spacial score (nSPS) is 18.2. The van der Waals surface area contributed by atoms with Crippen LogP contribution in [0, 0.1) is 11.5 Å². The van der Waals surface area contributed by atoms with Gasteiger partial charge in [-0.3, -0.25) is 5.32 Å².